The molecule has 5 aromatic rings. The molecule has 0 aliphatic heterocycles. The number of fused-ring (bicyclic) bond motifs is 3. The average molecular weight is 578 g/mol. The van der Waals surface area contributed by atoms with Crippen molar-refractivity contribution in [1.82, 2.24) is 0 Å². The number of ether oxygens (including phenoxy) is 2. The van der Waals surface area contributed by atoms with Gasteiger partial charge in [-0.25, -0.2) is 14.6 Å². The highest BCUT2D eigenvalue weighted by Gasteiger charge is 2.22. The Morgan fingerprint density at radius 2 is 1.51 bits per heavy atom. The first-order valence-electron chi connectivity index (χ1n) is 14.4. The number of rotatable bonds is 11. The van der Waals surface area contributed by atoms with Gasteiger partial charge < -0.3 is 20.2 Å². The van der Waals surface area contributed by atoms with E-state index in [1.54, 1.807) is 23.2 Å². The summed E-state index contributed by atoms with van der Waals surface area (Å²) in [5, 5.41) is 1.63. The van der Waals surface area contributed by atoms with Crippen LogP contribution in [0.1, 0.15) is 28.7 Å². The number of halogens is 2. The highest BCUT2D eigenvalue weighted by Crippen LogP contribution is 2.43. The first-order chi connectivity index (χ1) is 21.0. The van der Waals surface area contributed by atoms with Crippen LogP contribution in [0.3, 0.4) is 0 Å². The van der Waals surface area contributed by atoms with Crippen LogP contribution in [0, 0.1) is 0 Å². The lowest BCUT2D eigenvalue weighted by Crippen LogP contribution is -2.32. The van der Waals surface area contributed by atoms with Crippen LogP contribution in [0.5, 0.6) is 17.2 Å². The van der Waals surface area contributed by atoms with Crippen molar-refractivity contribution in [2.45, 2.75) is 19.3 Å². The summed E-state index contributed by atoms with van der Waals surface area (Å²) >= 11 is 0. The molecule has 1 aliphatic carbocycles. The van der Waals surface area contributed by atoms with E-state index in [1.165, 1.54) is 22.8 Å². The monoisotopic (exact) mass is 577 g/mol. The average Bonchev–Trinajstić information content (AvgIpc) is 3.43. The first kappa shape index (κ1) is 28.4. The number of hydrogen-bond donors (Lipinski definition) is 2. The molecule has 7 heteroatoms. The molecule has 218 valence electrons. The van der Waals surface area contributed by atoms with E-state index < -0.39 is 6.43 Å². The van der Waals surface area contributed by atoms with Crippen LogP contribution in [0.4, 0.5) is 14.5 Å². The quantitative estimate of drug-likeness (QED) is 0.121. The second kappa shape index (κ2) is 12.7. The van der Waals surface area contributed by atoms with Gasteiger partial charge in [-0.15, -0.1) is 0 Å². The van der Waals surface area contributed by atoms with E-state index >= 15 is 0 Å². The van der Waals surface area contributed by atoms with Gasteiger partial charge >= 0.3 is 0 Å². The van der Waals surface area contributed by atoms with Gasteiger partial charge in [-0.2, -0.15) is 0 Å². The SMILES string of the molecule is NCCOc1ccc(CCN(N)c2cccc(-c3ccccc3C(F)F)c2)cc1Oc1cccc2c1Cc1ccccc1-2. The van der Waals surface area contributed by atoms with Crippen molar-refractivity contribution >= 4 is 5.69 Å². The van der Waals surface area contributed by atoms with Crippen LogP contribution in [-0.4, -0.2) is 19.7 Å². The molecule has 1 aliphatic rings. The van der Waals surface area contributed by atoms with E-state index in [0.29, 0.717) is 48.7 Å². The highest BCUT2D eigenvalue weighted by molar-refractivity contribution is 5.79. The van der Waals surface area contributed by atoms with Crippen LogP contribution < -0.4 is 26.1 Å². The smallest absolute Gasteiger partial charge is 0.264 e. The van der Waals surface area contributed by atoms with E-state index in [0.717, 1.165) is 29.0 Å². The fraction of sp³-hybridized carbons (Fsp3) is 0.167. The van der Waals surface area contributed by atoms with Crippen LogP contribution in [0.2, 0.25) is 0 Å². The lowest BCUT2D eigenvalue weighted by atomic mass is 9.99. The maximum Gasteiger partial charge on any atom is 0.264 e. The summed E-state index contributed by atoms with van der Waals surface area (Å²) in [6.07, 6.45) is -1.13. The Morgan fingerprint density at radius 3 is 2.35 bits per heavy atom. The van der Waals surface area contributed by atoms with E-state index in [9.17, 15) is 8.78 Å². The Morgan fingerprint density at radius 1 is 0.744 bits per heavy atom. The molecule has 0 amide bonds. The Bertz CT molecular complexity index is 1740. The van der Waals surface area contributed by atoms with E-state index in [-0.39, 0.29) is 5.56 Å². The van der Waals surface area contributed by atoms with Gasteiger partial charge in [0.2, 0.25) is 0 Å². The van der Waals surface area contributed by atoms with E-state index in [4.69, 9.17) is 21.1 Å². The third-order valence-corrected chi connectivity index (χ3v) is 7.74. The second-order valence-electron chi connectivity index (χ2n) is 10.5. The third-order valence-electron chi connectivity index (χ3n) is 7.74. The van der Waals surface area contributed by atoms with Gasteiger partial charge in [0, 0.05) is 30.6 Å². The topological polar surface area (TPSA) is 73.7 Å². The van der Waals surface area contributed by atoms with Crippen LogP contribution in [0.25, 0.3) is 22.3 Å². The summed E-state index contributed by atoms with van der Waals surface area (Å²) in [7, 11) is 0. The maximum atomic E-state index is 13.6. The summed E-state index contributed by atoms with van der Waals surface area (Å²) in [6, 6.07) is 34.4. The zero-order valence-electron chi connectivity index (χ0n) is 23.7. The van der Waals surface area contributed by atoms with Gasteiger partial charge in [-0.1, -0.05) is 78.9 Å². The fourth-order valence-electron chi connectivity index (χ4n) is 5.60. The molecule has 0 unspecified atom stereocenters. The molecular formula is C36H33F2N3O2. The Labute approximate surface area is 250 Å². The van der Waals surface area contributed by atoms with Crippen molar-refractivity contribution in [3.05, 3.63) is 131 Å². The van der Waals surface area contributed by atoms with Gasteiger partial charge in [0.15, 0.2) is 11.5 Å². The van der Waals surface area contributed by atoms with Crippen molar-refractivity contribution in [3.8, 4) is 39.5 Å². The van der Waals surface area contributed by atoms with Gasteiger partial charge in [0.25, 0.3) is 6.43 Å². The number of hydrogen-bond acceptors (Lipinski definition) is 5. The summed E-state index contributed by atoms with van der Waals surface area (Å²) in [6.45, 7) is 1.26. The Kier molecular flexibility index (Phi) is 8.36. The number of alkyl halides is 2. The van der Waals surface area contributed by atoms with Crippen molar-refractivity contribution < 1.29 is 18.3 Å². The molecule has 4 N–H and O–H groups in total. The minimum Gasteiger partial charge on any atom is -0.488 e. The minimum absolute atomic E-state index is 0.000587. The lowest BCUT2D eigenvalue weighted by Gasteiger charge is -2.21. The molecule has 0 spiro atoms. The molecule has 0 fully saturated rings. The predicted octanol–water partition coefficient (Wildman–Crippen LogP) is 7.92. The fourth-order valence-corrected chi connectivity index (χ4v) is 5.60. The van der Waals surface area contributed by atoms with Crippen LogP contribution >= 0.6 is 0 Å². The first-order valence-corrected chi connectivity index (χ1v) is 14.4. The summed E-state index contributed by atoms with van der Waals surface area (Å²) in [4.78, 5) is 0. The van der Waals surface area contributed by atoms with Gasteiger partial charge in [0.1, 0.15) is 12.4 Å². The molecule has 0 aromatic heterocycles. The maximum absolute atomic E-state index is 13.6. The molecular weight excluding hydrogens is 544 g/mol. The van der Waals surface area contributed by atoms with Crippen LogP contribution in [-0.2, 0) is 12.8 Å². The molecule has 5 aromatic carbocycles. The van der Waals surface area contributed by atoms with Crippen molar-refractivity contribution in [3.63, 3.8) is 0 Å². The summed E-state index contributed by atoms with van der Waals surface area (Å²) in [5.41, 5.74) is 13.5. The highest BCUT2D eigenvalue weighted by atomic mass is 19.3. The van der Waals surface area contributed by atoms with Crippen LogP contribution in [0.15, 0.2) is 109 Å². The van der Waals surface area contributed by atoms with Gasteiger partial charge in [-0.3, -0.25) is 0 Å². The lowest BCUT2D eigenvalue weighted by molar-refractivity contribution is 0.152. The largest absolute Gasteiger partial charge is 0.488 e. The third kappa shape index (κ3) is 6.09. The number of nitrogens with zero attached hydrogens (tertiary/aromatic N) is 1. The summed E-state index contributed by atoms with van der Waals surface area (Å²) < 4.78 is 39.7. The van der Waals surface area contributed by atoms with Gasteiger partial charge in [-0.05, 0) is 70.1 Å². The Balaban J connectivity index is 1.21. The zero-order valence-corrected chi connectivity index (χ0v) is 23.7. The van der Waals surface area contributed by atoms with Crippen molar-refractivity contribution in [1.29, 1.82) is 0 Å². The van der Waals surface area contributed by atoms with E-state index in [2.05, 4.69) is 30.3 Å². The number of benzene rings is 5. The Hall–Kier alpha value is -4.72. The molecule has 0 radical (unpaired) electrons. The standard InChI is InChI=1S/C36H33F2N3O2/c37-36(38)31-12-4-3-11-29(31)25-8-5-9-27(22-25)41(40)19-17-24-15-16-34(42-20-18-39)35(21-24)43-33-14-6-13-30-28-10-2-1-7-26(28)23-32(30)33/h1-16,21-22,36H,17-20,23,39-40H2. The molecule has 5 nitrogen and oxygen atoms in total. The van der Waals surface area contributed by atoms with Crippen molar-refractivity contribution in [2.75, 3.05) is 24.7 Å². The molecule has 0 heterocycles. The van der Waals surface area contributed by atoms with Crippen molar-refractivity contribution in [2.24, 2.45) is 11.6 Å². The minimum atomic E-state index is -2.56. The molecule has 0 atom stereocenters. The normalized spacial score (nSPS) is 11.7. The molecule has 0 bridgehead atoms. The molecule has 0 saturated carbocycles. The zero-order chi connectivity index (χ0) is 29.8. The predicted molar refractivity (Wildman–Crippen MR) is 168 cm³/mol. The van der Waals surface area contributed by atoms with Gasteiger partial charge in [0.05, 0.1) is 5.69 Å². The number of anilines is 1. The number of hydrazine groups is 1. The molecule has 6 rings (SSSR count). The summed E-state index contributed by atoms with van der Waals surface area (Å²) in [5.74, 6) is 8.50. The second-order valence-corrected chi connectivity index (χ2v) is 10.5. The molecule has 0 saturated heterocycles. The number of nitrogens with two attached hydrogens (primary N) is 2. The molecule has 43 heavy (non-hydrogen) atoms. The van der Waals surface area contributed by atoms with E-state index in [1.807, 2.05) is 54.6 Å².